The van der Waals surface area contributed by atoms with Crippen molar-refractivity contribution in [2.45, 2.75) is 31.3 Å². The van der Waals surface area contributed by atoms with Gasteiger partial charge in [0.25, 0.3) is 0 Å². The van der Waals surface area contributed by atoms with Crippen LogP contribution in [0.2, 0.25) is 0 Å². The summed E-state index contributed by atoms with van der Waals surface area (Å²) in [5.74, 6) is 0.757. The highest BCUT2D eigenvalue weighted by molar-refractivity contribution is 5.81. The van der Waals surface area contributed by atoms with Gasteiger partial charge in [-0.2, -0.15) is 5.10 Å². The van der Waals surface area contributed by atoms with Crippen LogP contribution in [-0.2, 0) is 11.2 Å². The molecule has 6 nitrogen and oxygen atoms in total. The quantitative estimate of drug-likeness (QED) is 0.832. The van der Waals surface area contributed by atoms with Crippen LogP contribution in [-0.4, -0.2) is 41.3 Å². The number of rotatable bonds is 6. The van der Waals surface area contributed by atoms with Gasteiger partial charge in [-0.25, -0.2) is 0 Å². The van der Waals surface area contributed by atoms with E-state index in [9.17, 15) is 4.79 Å². The molecule has 2 atom stereocenters. The lowest BCUT2D eigenvalue weighted by molar-refractivity contribution is -0.122. The molecule has 0 spiro atoms. The summed E-state index contributed by atoms with van der Waals surface area (Å²) in [7, 11) is 0. The molecule has 2 aromatic rings. The predicted octanol–water partition coefficient (Wildman–Crippen LogP) is 1.13. The normalized spacial score (nSPS) is 18.4. The number of hydrogen-bond acceptors (Lipinski definition) is 5. The number of nitrogens with one attached hydrogen (secondary N) is 1. The number of anilines is 1. The second-order valence-electron chi connectivity index (χ2n) is 6.11. The molecule has 2 heterocycles. The highest BCUT2D eigenvalue weighted by Crippen LogP contribution is 2.22. The minimum absolute atomic E-state index is 0.107. The zero-order valence-corrected chi connectivity index (χ0v) is 13.6. The lowest BCUT2D eigenvalue weighted by Gasteiger charge is -2.25. The third-order valence-corrected chi connectivity index (χ3v) is 4.38. The molecule has 1 aliphatic rings. The number of nitrogens with two attached hydrogens (primary N) is 1. The molecule has 3 rings (SSSR count). The Balaban J connectivity index is 1.52. The second kappa shape index (κ2) is 7.88. The highest BCUT2D eigenvalue weighted by Gasteiger charge is 2.26. The van der Waals surface area contributed by atoms with Gasteiger partial charge >= 0.3 is 0 Å². The summed E-state index contributed by atoms with van der Waals surface area (Å²) in [6.07, 6.45) is 4.34. The van der Waals surface area contributed by atoms with Gasteiger partial charge in [-0.1, -0.05) is 30.3 Å². The van der Waals surface area contributed by atoms with Crippen molar-refractivity contribution < 1.29 is 4.79 Å². The van der Waals surface area contributed by atoms with Gasteiger partial charge in [0.2, 0.25) is 5.91 Å². The van der Waals surface area contributed by atoms with Crippen LogP contribution in [0.15, 0.2) is 48.7 Å². The van der Waals surface area contributed by atoms with E-state index >= 15 is 0 Å². The van der Waals surface area contributed by atoms with Gasteiger partial charge < -0.3 is 16.0 Å². The Morgan fingerprint density at radius 2 is 2.12 bits per heavy atom. The molecule has 24 heavy (non-hydrogen) atoms. The average Bonchev–Trinajstić information content (AvgIpc) is 3.10. The number of aromatic nitrogens is 2. The van der Waals surface area contributed by atoms with Crippen molar-refractivity contribution in [1.82, 2.24) is 15.5 Å². The second-order valence-corrected chi connectivity index (χ2v) is 6.11. The van der Waals surface area contributed by atoms with E-state index in [4.69, 9.17) is 5.73 Å². The summed E-state index contributed by atoms with van der Waals surface area (Å²) in [6, 6.07) is 13.4. The van der Waals surface area contributed by atoms with Crippen molar-refractivity contribution in [2.24, 2.45) is 5.73 Å². The molecule has 1 fully saturated rings. The first-order valence-corrected chi connectivity index (χ1v) is 8.35. The molecule has 0 bridgehead atoms. The van der Waals surface area contributed by atoms with Crippen LogP contribution in [0.5, 0.6) is 0 Å². The fourth-order valence-corrected chi connectivity index (χ4v) is 3.11. The van der Waals surface area contributed by atoms with E-state index in [-0.39, 0.29) is 11.9 Å². The fourth-order valence-electron chi connectivity index (χ4n) is 3.11. The van der Waals surface area contributed by atoms with Crippen molar-refractivity contribution in [3.05, 3.63) is 54.2 Å². The molecule has 1 amide bonds. The Kier molecular flexibility index (Phi) is 5.38. The molecule has 1 aromatic carbocycles. The minimum atomic E-state index is -0.529. The third-order valence-electron chi connectivity index (χ3n) is 4.38. The standard InChI is InChI=1S/C18H23N5O/c19-16(12-14-6-2-1-3-7-14)18(24)20-13-15-8-5-11-23(15)17-9-4-10-21-22-17/h1-4,6-7,9-10,15-16H,5,8,11-13,19H2,(H,20,24). The summed E-state index contributed by atoms with van der Waals surface area (Å²) in [5, 5.41) is 11.1. The van der Waals surface area contributed by atoms with E-state index in [1.807, 2.05) is 42.5 Å². The van der Waals surface area contributed by atoms with Gasteiger partial charge in [0.1, 0.15) is 0 Å². The lowest BCUT2D eigenvalue weighted by atomic mass is 10.1. The Morgan fingerprint density at radius 3 is 2.88 bits per heavy atom. The van der Waals surface area contributed by atoms with E-state index in [1.54, 1.807) is 6.20 Å². The summed E-state index contributed by atoms with van der Waals surface area (Å²) in [6.45, 7) is 1.52. The molecule has 126 valence electrons. The first kappa shape index (κ1) is 16.4. The maximum Gasteiger partial charge on any atom is 0.237 e. The summed E-state index contributed by atoms with van der Waals surface area (Å²) in [5.41, 5.74) is 7.10. The molecule has 0 aliphatic carbocycles. The molecule has 3 N–H and O–H groups in total. The van der Waals surface area contributed by atoms with E-state index in [0.717, 1.165) is 30.8 Å². The van der Waals surface area contributed by atoms with Gasteiger partial charge in [-0.3, -0.25) is 4.79 Å². The largest absolute Gasteiger partial charge is 0.353 e. The maximum atomic E-state index is 12.3. The number of hydrogen-bond donors (Lipinski definition) is 2. The summed E-state index contributed by atoms with van der Waals surface area (Å²) < 4.78 is 0. The molecule has 0 radical (unpaired) electrons. The zero-order chi connectivity index (χ0) is 16.8. The monoisotopic (exact) mass is 325 g/mol. The third kappa shape index (κ3) is 4.08. The molecular formula is C18H23N5O. The van der Waals surface area contributed by atoms with Crippen LogP contribution in [0.3, 0.4) is 0 Å². The van der Waals surface area contributed by atoms with E-state index in [1.165, 1.54) is 0 Å². The summed E-state index contributed by atoms with van der Waals surface area (Å²) in [4.78, 5) is 14.5. The molecule has 1 aliphatic heterocycles. The van der Waals surface area contributed by atoms with Crippen LogP contribution in [0, 0.1) is 0 Å². The Bertz CT molecular complexity index is 649. The lowest BCUT2D eigenvalue weighted by Crippen LogP contribution is -2.47. The smallest absolute Gasteiger partial charge is 0.237 e. The highest BCUT2D eigenvalue weighted by atomic mass is 16.2. The Labute approximate surface area is 142 Å². The van der Waals surface area contributed by atoms with Crippen LogP contribution in [0.4, 0.5) is 5.82 Å². The number of carbonyl (C=O) groups excluding carboxylic acids is 1. The Morgan fingerprint density at radius 1 is 1.29 bits per heavy atom. The van der Waals surface area contributed by atoms with Gasteiger partial charge in [-0.05, 0) is 37.0 Å². The van der Waals surface area contributed by atoms with Crippen molar-refractivity contribution in [2.75, 3.05) is 18.0 Å². The zero-order valence-electron chi connectivity index (χ0n) is 13.6. The average molecular weight is 325 g/mol. The maximum absolute atomic E-state index is 12.3. The molecule has 2 unspecified atom stereocenters. The Hall–Kier alpha value is -2.47. The SMILES string of the molecule is NC(Cc1ccccc1)C(=O)NCC1CCCN1c1cccnn1. The van der Waals surface area contributed by atoms with Gasteiger partial charge in [-0.15, -0.1) is 5.10 Å². The van der Waals surface area contributed by atoms with Gasteiger partial charge in [0.05, 0.1) is 6.04 Å². The van der Waals surface area contributed by atoms with Gasteiger partial charge in [0, 0.05) is 25.3 Å². The van der Waals surface area contributed by atoms with Crippen molar-refractivity contribution in [1.29, 1.82) is 0 Å². The molecule has 1 aromatic heterocycles. The van der Waals surface area contributed by atoms with E-state index in [2.05, 4.69) is 20.4 Å². The van der Waals surface area contributed by atoms with E-state index in [0.29, 0.717) is 13.0 Å². The van der Waals surface area contributed by atoms with Crippen molar-refractivity contribution in [3.63, 3.8) is 0 Å². The van der Waals surface area contributed by atoms with Gasteiger partial charge in [0.15, 0.2) is 5.82 Å². The van der Waals surface area contributed by atoms with Crippen LogP contribution in [0.1, 0.15) is 18.4 Å². The molecular weight excluding hydrogens is 302 g/mol. The van der Waals surface area contributed by atoms with Crippen LogP contribution >= 0.6 is 0 Å². The minimum Gasteiger partial charge on any atom is -0.353 e. The number of nitrogens with zero attached hydrogens (tertiary/aromatic N) is 3. The molecule has 6 heteroatoms. The first-order valence-electron chi connectivity index (χ1n) is 8.35. The van der Waals surface area contributed by atoms with Crippen LogP contribution in [0.25, 0.3) is 0 Å². The topological polar surface area (TPSA) is 84.1 Å². The molecule has 1 saturated heterocycles. The van der Waals surface area contributed by atoms with Crippen LogP contribution < -0.4 is 16.0 Å². The van der Waals surface area contributed by atoms with Crippen molar-refractivity contribution >= 4 is 11.7 Å². The number of amides is 1. The van der Waals surface area contributed by atoms with E-state index < -0.39 is 6.04 Å². The summed E-state index contributed by atoms with van der Waals surface area (Å²) >= 11 is 0. The predicted molar refractivity (Wildman–Crippen MR) is 93.5 cm³/mol. The number of carbonyl (C=O) groups is 1. The number of benzene rings is 1. The molecule has 0 saturated carbocycles. The fraction of sp³-hybridized carbons (Fsp3) is 0.389. The first-order chi connectivity index (χ1) is 11.7. The van der Waals surface area contributed by atoms with Crippen molar-refractivity contribution in [3.8, 4) is 0 Å².